The Kier molecular flexibility index (Phi) is 4.10. The molecule has 0 fully saturated rings. The van der Waals surface area contributed by atoms with Crippen LogP contribution in [0.15, 0.2) is 18.2 Å². The Bertz CT molecular complexity index is 882. The maximum Gasteiger partial charge on any atom is 0.256 e. The zero-order valence-corrected chi connectivity index (χ0v) is 14.7. The molecule has 1 atom stereocenters. The van der Waals surface area contributed by atoms with Crippen LogP contribution in [-0.4, -0.2) is 12.7 Å². The number of nitrogens with zero attached hydrogens (tertiary/aromatic N) is 1. The van der Waals surface area contributed by atoms with E-state index in [1.807, 2.05) is 0 Å². The van der Waals surface area contributed by atoms with Crippen molar-refractivity contribution in [1.29, 1.82) is 5.26 Å². The molecule has 1 N–H and O–H groups in total. The molecule has 4 rings (SSSR count). The van der Waals surface area contributed by atoms with Crippen LogP contribution in [0.4, 0.5) is 5.00 Å². The van der Waals surface area contributed by atoms with Gasteiger partial charge in [-0.25, -0.2) is 0 Å². The fourth-order valence-corrected chi connectivity index (χ4v) is 4.73. The monoisotopic (exact) mass is 354 g/mol. The third kappa shape index (κ3) is 2.85. The molecule has 1 aromatic heterocycles. The summed E-state index contributed by atoms with van der Waals surface area (Å²) in [4.78, 5) is 13.9. The van der Waals surface area contributed by atoms with Crippen molar-refractivity contribution in [1.82, 2.24) is 0 Å². The molecule has 0 saturated carbocycles. The lowest BCUT2D eigenvalue weighted by molar-refractivity contribution is 0.102. The van der Waals surface area contributed by atoms with Crippen molar-refractivity contribution in [2.24, 2.45) is 5.92 Å². The van der Waals surface area contributed by atoms with Crippen molar-refractivity contribution >= 4 is 22.2 Å². The van der Waals surface area contributed by atoms with Crippen LogP contribution in [0.5, 0.6) is 11.5 Å². The van der Waals surface area contributed by atoms with Gasteiger partial charge in [0.05, 0.1) is 5.56 Å². The summed E-state index contributed by atoms with van der Waals surface area (Å²) in [5, 5.41) is 13.1. The molecule has 0 bridgehead atoms. The number of ether oxygens (including phenoxy) is 2. The van der Waals surface area contributed by atoms with Crippen LogP contribution in [-0.2, 0) is 12.8 Å². The lowest BCUT2D eigenvalue weighted by Crippen LogP contribution is -2.12. The SMILES string of the molecule is CC[C@@H]1CCc2c(sc(NC(=O)c3ccc4c(c3)OCO4)c2C#N)C1. The Morgan fingerprint density at radius 3 is 3.04 bits per heavy atom. The molecule has 2 aromatic rings. The number of anilines is 1. The Balaban J connectivity index is 1.59. The number of fused-ring (bicyclic) bond motifs is 2. The summed E-state index contributed by atoms with van der Waals surface area (Å²) in [7, 11) is 0. The third-order valence-corrected chi connectivity index (χ3v) is 6.09. The van der Waals surface area contributed by atoms with Gasteiger partial charge in [-0.2, -0.15) is 5.26 Å². The Morgan fingerprint density at radius 2 is 2.24 bits per heavy atom. The van der Waals surface area contributed by atoms with E-state index in [0.29, 0.717) is 33.5 Å². The Labute approximate surface area is 150 Å². The van der Waals surface area contributed by atoms with Gasteiger partial charge in [-0.05, 0) is 48.9 Å². The van der Waals surface area contributed by atoms with Gasteiger partial charge in [0.25, 0.3) is 5.91 Å². The first kappa shape index (κ1) is 16.0. The number of hydrogen-bond acceptors (Lipinski definition) is 5. The minimum atomic E-state index is -0.236. The first-order chi connectivity index (χ1) is 12.2. The van der Waals surface area contributed by atoms with Crippen molar-refractivity contribution in [2.75, 3.05) is 12.1 Å². The second-order valence-electron chi connectivity index (χ2n) is 6.36. The van der Waals surface area contributed by atoms with Crippen LogP contribution >= 0.6 is 11.3 Å². The molecule has 0 unspecified atom stereocenters. The average Bonchev–Trinajstić information content (AvgIpc) is 3.23. The number of hydrogen-bond donors (Lipinski definition) is 1. The van der Waals surface area contributed by atoms with E-state index in [2.05, 4.69) is 18.3 Å². The van der Waals surface area contributed by atoms with Crippen LogP contribution in [0.3, 0.4) is 0 Å². The number of nitrogens with one attached hydrogen (secondary N) is 1. The van der Waals surface area contributed by atoms with Gasteiger partial charge in [0, 0.05) is 10.4 Å². The van der Waals surface area contributed by atoms with E-state index < -0.39 is 0 Å². The molecular formula is C19H18N2O3S. The van der Waals surface area contributed by atoms with Gasteiger partial charge in [-0.1, -0.05) is 13.3 Å². The summed E-state index contributed by atoms with van der Waals surface area (Å²) < 4.78 is 10.6. The number of rotatable bonds is 3. The topological polar surface area (TPSA) is 71.3 Å². The van der Waals surface area contributed by atoms with E-state index in [0.717, 1.165) is 31.2 Å². The molecule has 2 heterocycles. The van der Waals surface area contributed by atoms with Crippen molar-refractivity contribution in [3.63, 3.8) is 0 Å². The summed E-state index contributed by atoms with van der Waals surface area (Å²) in [6.07, 6.45) is 4.20. The zero-order valence-electron chi connectivity index (χ0n) is 13.9. The van der Waals surface area contributed by atoms with E-state index in [9.17, 15) is 10.1 Å². The molecule has 2 aliphatic rings. The molecule has 25 heavy (non-hydrogen) atoms. The van der Waals surface area contributed by atoms with Crippen molar-refractivity contribution in [3.8, 4) is 17.6 Å². The number of thiophene rings is 1. The van der Waals surface area contributed by atoms with Gasteiger partial charge in [0.2, 0.25) is 6.79 Å². The first-order valence-corrected chi connectivity index (χ1v) is 9.27. The second kappa shape index (κ2) is 6.41. The molecule has 5 nitrogen and oxygen atoms in total. The molecular weight excluding hydrogens is 336 g/mol. The number of carbonyl (C=O) groups excluding carboxylic acids is 1. The van der Waals surface area contributed by atoms with Gasteiger partial charge in [-0.3, -0.25) is 4.79 Å². The minimum Gasteiger partial charge on any atom is -0.454 e. The molecule has 1 aliphatic heterocycles. The normalized spacial score (nSPS) is 17.7. The molecule has 1 amide bonds. The van der Waals surface area contributed by atoms with E-state index >= 15 is 0 Å². The fraction of sp³-hybridized carbons (Fsp3) is 0.368. The molecule has 128 valence electrons. The highest BCUT2D eigenvalue weighted by Crippen LogP contribution is 2.40. The maximum absolute atomic E-state index is 12.6. The predicted molar refractivity (Wildman–Crippen MR) is 95.4 cm³/mol. The Morgan fingerprint density at radius 1 is 1.40 bits per heavy atom. The number of benzene rings is 1. The summed E-state index contributed by atoms with van der Waals surface area (Å²) in [5.74, 6) is 1.66. The fourth-order valence-electron chi connectivity index (χ4n) is 3.42. The van der Waals surface area contributed by atoms with Crippen LogP contribution in [0.2, 0.25) is 0 Å². The van der Waals surface area contributed by atoms with E-state index in [1.54, 1.807) is 29.5 Å². The number of nitriles is 1. The summed E-state index contributed by atoms with van der Waals surface area (Å²) >= 11 is 1.54. The van der Waals surface area contributed by atoms with Crippen molar-refractivity contribution in [2.45, 2.75) is 32.6 Å². The van der Waals surface area contributed by atoms with E-state index in [4.69, 9.17) is 9.47 Å². The van der Waals surface area contributed by atoms with Crippen molar-refractivity contribution in [3.05, 3.63) is 39.8 Å². The number of amides is 1. The molecule has 0 spiro atoms. The highest BCUT2D eigenvalue weighted by atomic mass is 32.1. The zero-order chi connectivity index (χ0) is 17.4. The van der Waals surface area contributed by atoms with E-state index in [1.165, 1.54) is 4.88 Å². The number of carbonyl (C=O) groups is 1. The minimum absolute atomic E-state index is 0.176. The lowest BCUT2D eigenvalue weighted by Gasteiger charge is -2.20. The predicted octanol–water partition coefficient (Wildman–Crippen LogP) is 4.12. The van der Waals surface area contributed by atoms with Crippen molar-refractivity contribution < 1.29 is 14.3 Å². The van der Waals surface area contributed by atoms with Crippen LogP contribution in [0.1, 0.15) is 46.1 Å². The maximum atomic E-state index is 12.6. The third-order valence-electron chi connectivity index (χ3n) is 4.92. The van der Waals surface area contributed by atoms with Gasteiger partial charge < -0.3 is 14.8 Å². The van der Waals surface area contributed by atoms with Crippen LogP contribution < -0.4 is 14.8 Å². The molecule has 0 saturated heterocycles. The molecule has 0 radical (unpaired) electrons. The molecule has 6 heteroatoms. The second-order valence-corrected chi connectivity index (χ2v) is 7.46. The van der Waals surface area contributed by atoms with E-state index in [-0.39, 0.29) is 12.7 Å². The highest BCUT2D eigenvalue weighted by molar-refractivity contribution is 7.16. The standard InChI is InChI=1S/C19H18N2O3S/c1-2-11-3-5-13-14(9-20)19(25-17(13)7-11)21-18(22)12-4-6-15-16(8-12)24-10-23-15/h4,6,8,11H,2-3,5,7,10H2,1H3,(H,21,22)/t11-/m1/s1. The van der Waals surface area contributed by atoms with Gasteiger partial charge >= 0.3 is 0 Å². The average molecular weight is 354 g/mol. The summed E-state index contributed by atoms with van der Waals surface area (Å²) in [6, 6.07) is 7.39. The molecule has 1 aromatic carbocycles. The van der Waals surface area contributed by atoms with Gasteiger partial charge in [0.1, 0.15) is 11.1 Å². The Hall–Kier alpha value is -2.52. The van der Waals surface area contributed by atoms with Crippen LogP contribution in [0, 0.1) is 17.2 Å². The molecule has 1 aliphatic carbocycles. The largest absolute Gasteiger partial charge is 0.454 e. The van der Waals surface area contributed by atoms with Crippen LogP contribution in [0.25, 0.3) is 0 Å². The lowest BCUT2D eigenvalue weighted by atomic mass is 9.86. The van der Waals surface area contributed by atoms with Gasteiger partial charge in [-0.15, -0.1) is 11.3 Å². The first-order valence-electron chi connectivity index (χ1n) is 8.45. The quantitative estimate of drug-likeness (QED) is 0.900. The highest BCUT2D eigenvalue weighted by Gasteiger charge is 2.26. The summed E-state index contributed by atoms with van der Waals surface area (Å²) in [6.45, 7) is 2.38. The smallest absolute Gasteiger partial charge is 0.256 e. The van der Waals surface area contributed by atoms with Gasteiger partial charge in [0.15, 0.2) is 11.5 Å². The summed E-state index contributed by atoms with van der Waals surface area (Å²) in [5.41, 5.74) is 2.24.